The molecule has 0 saturated heterocycles. The summed E-state index contributed by atoms with van der Waals surface area (Å²) in [5.41, 5.74) is 6.79. The zero-order valence-corrected chi connectivity index (χ0v) is 10.5. The van der Waals surface area contributed by atoms with E-state index in [2.05, 4.69) is 0 Å². The molecule has 2 nitrogen and oxygen atoms in total. The lowest BCUT2D eigenvalue weighted by atomic mass is 9.80. The van der Waals surface area contributed by atoms with Crippen molar-refractivity contribution >= 4 is 5.91 Å². The Kier molecular flexibility index (Phi) is 4.67. The summed E-state index contributed by atoms with van der Waals surface area (Å²) < 4.78 is 12.1. The minimum atomic E-state index is -0.674. The fourth-order valence-electron chi connectivity index (χ4n) is 1.89. The van der Waals surface area contributed by atoms with Crippen molar-refractivity contribution < 1.29 is 9.18 Å². The van der Waals surface area contributed by atoms with Crippen molar-refractivity contribution in [1.29, 1.82) is 0 Å². The van der Waals surface area contributed by atoms with Crippen LogP contribution >= 0.6 is 0 Å². The molecule has 0 bridgehead atoms. The van der Waals surface area contributed by atoms with E-state index in [4.69, 9.17) is 5.73 Å². The second-order valence-corrected chi connectivity index (χ2v) is 4.79. The van der Waals surface area contributed by atoms with Crippen LogP contribution in [0.5, 0.6) is 0 Å². The normalized spacial score (nSPS) is 11.5. The van der Waals surface area contributed by atoms with Crippen LogP contribution in [0.4, 0.5) is 4.39 Å². The first kappa shape index (κ1) is 13.7. The molecule has 0 aliphatic carbocycles. The molecule has 0 radical (unpaired) electrons. The number of primary amides is 1. The summed E-state index contributed by atoms with van der Waals surface area (Å²) in [4.78, 5) is 11.5. The highest BCUT2D eigenvalue weighted by molar-refractivity contribution is 5.86. The zero-order valence-electron chi connectivity index (χ0n) is 10.5. The number of halogens is 1. The van der Waals surface area contributed by atoms with Gasteiger partial charge in [0.15, 0.2) is 0 Å². The Bertz CT molecular complexity index is 388. The second-order valence-electron chi connectivity index (χ2n) is 4.79. The van der Waals surface area contributed by atoms with Crippen LogP contribution in [-0.2, 0) is 16.6 Å². The number of benzene rings is 1. The molecule has 0 aromatic heterocycles. The summed E-state index contributed by atoms with van der Waals surface area (Å²) in [6, 6.07) is 7.75. The van der Waals surface area contributed by atoms with Gasteiger partial charge in [-0.3, -0.25) is 9.18 Å². The van der Waals surface area contributed by atoms with Gasteiger partial charge in [0.2, 0.25) is 5.91 Å². The maximum atomic E-state index is 12.1. The first-order chi connectivity index (χ1) is 8.00. The van der Waals surface area contributed by atoms with E-state index in [0.29, 0.717) is 6.42 Å². The van der Waals surface area contributed by atoms with E-state index >= 15 is 0 Å². The summed E-state index contributed by atoms with van der Waals surface area (Å²) in [5.74, 6) is -0.338. The third-order valence-electron chi connectivity index (χ3n) is 3.14. The first-order valence-corrected chi connectivity index (χ1v) is 5.94. The van der Waals surface area contributed by atoms with E-state index in [-0.39, 0.29) is 12.6 Å². The second kappa shape index (κ2) is 5.80. The summed E-state index contributed by atoms with van der Waals surface area (Å²) in [7, 11) is 0. The van der Waals surface area contributed by atoms with Crippen molar-refractivity contribution in [2.75, 3.05) is 6.67 Å². The predicted octanol–water partition coefficient (Wildman–Crippen LogP) is 2.74. The fourth-order valence-corrected chi connectivity index (χ4v) is 1.89. The molecule has 0 atom stereocenters. The number of carbonyl (C=O) groups excluding carboxylic acids is 1. The van der Waals surface area contributed by atoms with Crippen molar-refractivity contribution in [3.8, 4) is 0 Å². The molecule has 0 aliphatic rings. The van der Waals surface area contributed by atoms with E-state index < -0.39 is 5.41 Å². The van der Waals surface area contributed by atoms with Crippen LogP contribution in [0, 0.1) is 0 Å². The van der Waals surface area contributed by atoms with E-state index in [1.165, 1.54) is 0 Å². The van der Waals surface area contributed by atoms with Crippen LogP contribution in [0.25, 0.3) is 0 Å². The molecule has 0 unspecified atom stereocenters. The molecule has 3 heteroatoms. The van der Waals surface area contributed by atoms with Gasteiger partial charge in [0.1, 0.15) is 0 Å². The summed E-state index contributed by atoms with van der Waals surface area (Å²) >= 11 is 0. The van der Waals surface area contributed by atoms with Gasteiger partial charge in [-0.25, -0.2) is 0 Å². The van der Waals surface area contributed by atoms with Crippen molar-refractivity contribution in [3.05, 3.63) is 35.4 Å². The lowest BCUT2D eigenvalue weighted by Gasteiger charge is -2.24. The van der Waals surface area contributed by atoms with Crippen molar-refractivity contribution in [2.45, 2.75) is 38.5 Å². The van der Waals surface area contributed by atoms with Crippen molar-refractivity contribution in [3.63, 3.8) is 0 Å². The van der Waals surface area contributed by atoms with Crippen molar-refractivity contribution in [2.24, 2.45) is 5.73 Å². The molecule has 0 spiro atoms. The maximum absolute atomic E-state index is 12.1. The van der Waals surface area contributed by atoms with E-state index in [1.807, 2.05) is 38.1 Å². The molecule has 0 aliphatic heterocycles. The zero-order chi connectivity index (χ0) is 12.9. The minimum absolute atomic E-state index is 0.290. The number of nitrogens with two attached hydrogens (primary N) is 1. The van der Waals surface area contributed by atoms with E-state index in [9.17, 15) is 9.18 Å². The molecule has 0 fully saturated rings. The largest absolute Gasteiger partial charge is 0.369 e. The molecule has 1 aromatic rings. The molecule has 1 rings (SSSR count). The maximum Gasteiger partial charge on any atom is 0.227 e. The molecule has 1 aromatic carbocycles. The Labute approximate surface area is 102 Å². The Morgan fingerprint density at radius 2 is 1.94 bits per heavy atom. The molecule has 2 N–H and O–H groups in total. The van der Waals surface area contributed by atoms with Crippen LogP contribution in [0.2, 0.25) is 0 Å². The van der Waals surface area contributed by atoms with Crippen molar-refractivity contribution in [1.82, 2.24) is 0 Å². The lowest BCUT2D eigenvalue weighted by molar-refractivity contribution is -0.122. The molecular weight excluding hydrogens is 217 g/mol. The Balaban J connectivity index is 2.95. The smallest absolute Gasteiger partial charge is 0.227 e. The molecule has 1 amide bonds. The number of amides is 1. The number of alkyl halides is 1. The van der Waals surface area contributed by atoms with Gasteiger partial charge in [-0.1, -0.05) is 24.3 Å². The first-order valence-electron chi connectivity index (χ1n) is 5.94. The lowest BCUT2D eigenvalue weighted by Crippen LogP contribution is -2.36. The van der Waals surface area contributed by atoms with Gasteiger partial charge in [-0.05, 0) is 44.2 Å². The Morgan fingerprint density at radius 3 is 2.53 bits per heavy atom. The number of carbonyl (C=O) groups is 1. The third-order valence-corrected chi connectivity index (χ3v) is 3.14. The van der Waals surface area contributed by atoms with E-state index in [1.54, 1.807) is 0 Å². The predicted molar refractivity (Wildman–Crippen MR) is 67.6 cm³/mol. The fraction of sp³-hybridized carbons (Fsp3) is 0.500. The number of rotatable bonds is 6. The van der Waals surface area contributed by atoms with Crippen LogP contribution in [0.3, 0.4) is 0 Å². The average molecular weight is 237 g/mol. The standard InChI is InChI=1S/C14H20FNO/c1-14(2,13(16)17)12-9-4-3-7-11(12)8-5-6-10-15/h3-4,7,9H,5-6,8,10H2,1-2H3,(H2,16,17). The number of unbranched alkanes of at least 4 members (excludes halogenated alkanes) is 1. The van der Waals surface area contributed by atoms with Gasteiger partial charge in [-0.2, -0.15) is 0 Å². The van der Waals surface area contributed by atoms with Gasteiger partial charge in [0.05, 0.1) is 12.1 Å². The molecule has 0 saturated carbocycles. The van der Waals surface area contributed by atoms with Gasteiger partial charge >= 0.3 is 0 Å². The summed E-state index contributed by atoms with van der Waals surface area (Å²) in [6.07, 6.45) is 2.14. The molecule has 0 heterocycles. The number of hydrogen-bond donors (Lipinski definition) is 1. The SMILES string of the molecule is CC(C)(C(N)=O)c1ccccc1CCCCF. The van der Waals surface area contributed by atoms with Gasteiger partial charge < -0.3 is 5.73 Å². The molecule has 17 heavy (non-hydrogen) atoms. The Hall–Kier alpha value is -1.38. The quantitative estimate of drug-likeness (QED) is 0.759. The molecular formula is C14H20FNO. The summed E-state index contributed by atoms with van der Waals surface area (Å²) in [6.45, 7) is 3.36. The van der Waals surface area contributed by atoms with Crippen LogP contribution in [0.1, 0.15) is 37.8 Å². The Morgan fingerprint density at radius 1 is 1.29 bits per heavy atom. The van der Waals surface area contributed by atoms with E-state index in [0.717, 1.165) is 24.0 Å². The van der Waals surface area contributed by atoms with Crippen LogP contribution in [-0.4, -0.2) is 12.6 Å². The van der Waals surface area contributed by atoms with Crippen LogP contribution in [0.15, 0.2) is 24.3 Å². The van der Waals surface area contributed by atoms with Gasteiger partial charge in [-0.15, -0.1) is 0 Å². The van der Waals surface area contributed by atoms with Gasteiger partial charge in [0, 0.05) is 0 Å². The highest BCUT2D eigenvalue weighted by atomic mass is 19.1. The molecule has 94 valence electrons. The number of aryl methyl sites for hydroxylation is 1. The average Bonchev–Trinajstić information content (AvgIpc) is 2.29. The summed E-state index contributed by atoms with van der Waals surface area (Å²) in [5, 5.41) is 0. The highest BCUT2D eigenvalue weighted by Gasteiger charge is 2.29. The highest BCUT2D eigenvalue weighted by Crippen LogP contribution is 2.27. The number of hydrogen-bond acceptors (Lipinski definition) is 1. The monoisotopic (exact) mass is 237 g/mol. The van der Waals surface area contributed by atoms with Crippen LogP contribution < -0.4 is 5.73 Å². The third kappa shape index (κ3) is 3.29. The van der Waals surface area contributed by atoms with Gasteiger partial charge in [0.25, 0.3) is 0 Å². The minimum Gasteiger partial charge on any atom is -0.369 e. The topological polar surface area (TPSA) is 43.1 Å².